The second kappa shape index (κ2) is 14.9. The molecule has 3 amide bonds. The Bertz CT molecular complexity index is 1060. The van der Waals surface area contributed by atoms with Crippen molar-refractivity contribution in [3.05, 3.63) is 71.8 Å². The van der Waals surface area contributed by atoms with E-state index in [4.69, 9.17) is 5.73 Å². The summed E-state index contributed by atoms with van der Waals surface area (Å²) in [6, 6.07) is 14.1. The molecule has 2 aromatic rings. The molecule has 0 aliphatic carbocycles. The quantitative estimate of drug-likeness (QED) is 0.255. The molecule has 5 unspecified atom stereocenters. The average Bonchev–Trinajstić information content (AvgIpc) is 2.90. The van der Waals surface area contributed by atoms with Gasteiger partial charge in [0.2, 0.25) is 17.7 Å². The number of carboxylic acids is 1. The van der Waals surface area contributed by atoms with Crippen LogP contribution in [0.3, 0.4) is 0 Å². The fraction of sp³-hybridized carbons (Fsp3) is 0.448. The van der Waals surface area contributed by atoms with Crippen molar-refractivity contribution in [2.45, 2.75) is 71.1 Å². The Morgan fingerprint density at radius 3 is 1.66 bits per heavy atom. The van der Waals surface area contributed by atoms with E-state index in [9.17, 15) is 24.3 Å². The maximum Gasteiger partial charge on any atom is 0.326 e. The number of nitrogens with one attached hydrogen (secondary N) is 3. The third-order valence-corrected chi connectivity index (χ3v) is 6.63. The smallest absolute Gasteiger partial charge is 0.326 e. The second-order valence-corrected chi connectivity index (χ2v) is 9.98. The molecule has 0 aliphatic rings. The van der Waals surface area contributed by atoms with E-state index in [2.05, 4.69) is 16.0 Å². The van der Waals surface area contributed by atoms with Gasteiger partial charge in [0.25, 0.3) is 0 Å². The lowest BCUT2D eigenvalue weighted by atomic mass is 9.96. The molecule has 0 bridgehead atoms. The van der Waals surface area contributed by atoms with E-state index in [1.54, 1.807) is 24.3 Å². The monoisotopic (exact) mass is 524 g/mol. The summed E-state index contributed by atoms with van der Waals surface area (Å²) in [5.74, 6) is -3.14. The lowest BCUT2D eigenvalue weighted by Crippen LogP contribution is -2.59. The SMILES string of the molecule is CCC(C)C(NC(=O)C(N)C(C)C)C(=O)NC(Cc1ccccc1)C(=O)NC(Cc1ccccc1)C(=O)O. The molecular weight excluding hydrogens is 484 g/mol. The number of carboxylic acid groups (broad SMARTS) is 1. The standard InChI is InChI=1S/C29H40N4O5/c1-5-19(4)25(33-27(35)24(30)18(2)3)28(36)31-22(16-20-12-8-6-9-13-20)26(34)32-23(29(37)38)17-21-14-10-7-11-15-21/h6-15,18-19,22-25H,5,16-17,30H2,1-4H3,(H,31,36)(H,32,34)(H,33,35)(H,37,38). The zero-order valence-corrected chi connectivity index (χ0v) is 22.5. The van der Waals surface area contributed by atoms with Crippen LogP contribution in [0.5, 0.6) is 0 Å². The predicted octanol–water partition coefficient (Wildman–Crippen LogP) is 2.04. The Balaban J connectivity index is 2.27. The molecule has 5 atom stereocenters. The van der Waals surface area contributed by atoms with Gasteiger partial charge in [-0.15, -0.1) is 0 Å². The van der Waals surface area contributed by atoms with Crippen LogP contribution in [0.1, 0.15) is 45.2 Å². The molecule has 0 radical (unpaired) electrons. The van der Waals surface area contributed by atoms with Gasteiger partial charge in [-0.1, -0.05) is 94.8 Å². The zero-order valence-electron chi connectivity index (χ0n) is 22.5. The van der Waals surface area contributed by atoms with E-state index in [0.717, 1.165) is 11.1 Å². The number of nitrogens with two attached hydrogens (primary N) is 1. The minimum atomic E-state index is -1.19. The molecule has 9 nitrogen and oxygen atoms in total. The summed E-state index contributed by atoms with van der Waals surface area (Å²) in [7, 11) is 0. The summed E-state index contributed by atoms with van der Waals surface area (Å²) in [4.78, 5) is 51.4. The van der Waals surface area contributed by atoms with Crippen molar-refractivity contribution in [2.24, 2.45) is 17.6 Å². The number of amides is 3. The third kappa shape index (κ3) is 9.30. The number of aliphatic carboxylic acids is 1. The van der Waals surface area contributed by atoms with Gasteiger partial charge in [0.1, 0.15) is 18.1 Å². The van der Waals surface area contributed by atoms with Gasteiger partial charge in [-0.25, -0.2) is 4.79 Å². The lowest BCUT2D eigenvalue weighted by molar-refractivity contribution is -0.142. The number of carbonyl (C=O) groups is 4. The van der Waals surface area contributed by atoms with Crippen molar-refractivity contribution >= 4 is 23.7 Å². The van der Waals surface area contributed by atoms with Crippen LogP contribution in [0.4, 0.5) is 0 Å². The fourth-order valence-corrected chi connectivity index (χ4v) is 3.90. The molecule has 6 N–H and O–H groups in total. The van der Waals surface area contributed by atoms with Gasteiger partial charge in [-0.05, 0) is 23.0 Å². The van der Waals surface area contributed by atoms with Gasteiger partial charge in [-0.2, -0.15) is 0 Å². The minimum Gasteiger partial charge on any atom is -0.480 e. The number of hydrogen-bond donors (Lipinski definition) is 5. The molecule has 206 valence electrons. The molecule has 2 rings (SSSR count). The lowest BCUT2D eigenvalue weighted by Gasteiger charge is -2.28. The van der Waals surface area contributed by atoms with Crippen LogP contribution in [-0.2, 0) is 32.0 Å². The van der Waals surface area contributed by atoms with E-state index in [1.807, 2.05) is 64.1 Å². The Kier molecular flexibility index (Phi) is 11.9. The number of carbonyl (C=O) groups excluding carboxylic acids is 3. The Morgan fingerprint density at radius 1 is 0.737 bits per heavy atom. The minimum absolute atomic E-state index is 0.0898. The summed E-state index contributed by atoms with van der Waals surface area (Å²) in [6.07, 6.45) is 0.832. The van der Waals surface area contributed by atoms with Crippen LogP contribution in [-0.4, -0.2) is 53.0 Å². The first-order valence-corrected chi connectivity index (χ1v) is 13.0. The van der Waals surface area contributed by atoms with Gasteiger partial charge >= 0.3 is 5.97 Å². The molecule has 2 aromatic carbocycles. The van der Waals surface area contributed by atoms with Crippen molar-refractivity contribution in [3.8, 4) is 0 Å². The number of benzene rings is 2. The summed E-state index contributed by atoms with van der Waals surface area (Å²) in [5, 5.41) is 17.9. The van der Waals surface area contributed by atoms with Crippen LogP contribution in [0.25, 0.3) is 0 Å². The highest BCUT2D eigenvalue weighted by Crippen LogP contribution is 2.12. The van der Waals surface area contributed by atoms with Crippen molar-refractivity contribution in [3.63, 3.8) is 0 Å². The Labute approximate surface area is 224 Å². The van der Waals surface area contributed by atoms with Gasteiger partial charge in [0, 0.05) is 12.8 Å². The molecule has 38 heavy (non-hydrogen) atoms. The molecule has 0 aliphatic heterocycles. The number of hydrogen-bond acceptors (Lipinski definition) is 5. The highest BCUT2D eigenvalue weighted by Gasteiger charge is 2.33. The molecule has 0 saturated carbocycles. The highest BCUT2D eigenvalue weighted by atomic mass is 16.4. The van der Waals surface area contributed by atoms with Crippen molar-refractivity contribution < 1.29 is 24.3 Å². The molecule has 0 fully saturated rings. The van der Waals surface area contributed by atoms with E-state index < -0.39 is 47.9 Å². The first-order chi connectivity index (χ1) is 18.0. The van der Waals surface area contributed by atoms with Crippen LogP contribution in [0, 0.1) is 11.8 Å². The van der Waals surface area contributed by atoms with Gasteiger partial charge < -0.3 is 26.8 Å². The van der Waals surface area contributed by atoms with Crippen LogP contribution in [0.2, 0.25) is 0 Å². The van der Waals surface area contributed by atoms with Crippen LogP contribution >= 0.6 is 0 Å². The Morgan fingerprint density at radius 2 is 1.21 bits per heavy atom. The van der Waals surface area contributed by atoms with E-state index >= 15 is 0 Å². The topological polar surface area (TPSA) is 151 Å². The largest absolute Gasteiger partial charge is 0.480 e. The number of rotatable bonds is 14. The maximum absolute atomic E-state index is 13.4. The summed E-state index contributed by atoms with van der Waals surface area (Å²) in [6.45, 7) is 7.36. The van der Waals surface area contributed by atoms with Crippen LogP contribution in [0.15, 0.2) is 60.7 Å². The van der Waals surface area contributed by atoms with Gasteiger partial charge in [-0.3, -0.25) is 14.4 Å². The third-order valence-electron chi connectivity index (χ3n) is 6.63. The van der Waals surface area contributed by atoms with Gasteiger partial charge in [0.15, 0.2) is 0 Å². The first-order valence-electron chi connectivity index (χ1n) is 13.0. The summed E-state index contributed by atoms with van der Waals surface area (Å²) >= 11 is 0. The molecule has 9 heteroatoms. The Hall–Kier alpha value is -3.72. The van der Waals surface area contributed by atoms with Gasteiger partial charge in [0.05, 0.1) is 6.04 Å². The van der Waals surface area contributed by atoms with Crippen molar-refractivity contribution in [1.82, 2.24) is 16.0 Å². The maximum atomic E-state index is 13.4. The molecule has 0 heterocycles. The van der Waals surface area contributed by atoms with E-state index in [-0.39, 0.29) is 24.7 Å². The predicted molar refractivity (Wildman–Crippen MR) is 146 cm³/mol. The second-order valence-electron chi connectivity index (χ2n) is 9.98. The summed E-state index contributed by atoms with van der Waals surface area (Å²) < 4.78 is 0. The van der Waals surface area contributed by atoms with Crippen molar-refractivity contribution in [2.75, 3.05) is 0 Å². The molecular formula is C29H40N4O5. The summed E-state index contributed by atoms with van der Waals surface area (Å²) in [5.41, 5.74) is 7.53. The van der Waals surface area contributed by atoms with E-state index in [0.29, 0.717) is 6.42 Å². The molecule has 0 aromatic heterocycles. The fourth-order valence-electron chi connectivity index (χ4n) is 3.90. The zero-order chi connectivity index (χ0) is 28.2. The highest BCUT2D eigenvalue weighted by molar-refractivity contribution is 5.94. The normalized spacial score (nSPS) is 15.0. The van der Waals surface area contributed by atoms with Crippen LogP contribution < -0.4 is 21.7 Å². The molecule has 0 saturated heterocycles. The van der Waals surface area contributed by atoms with Crippen molar-refractivity contribution in [1.29, 1.82) is 0 Å². The molecule has 0 spiro atoms. The van der Waals surface area contributed by atoms with E-state index in [1.165, 1.54) is 0 Å². The first kappa shape index (κ1) is 30.5. The average molecular weight is 525 g/mol.